The van der Waals surface area contributed by atoms with Gasteiger partial charge in [0.15, 0.2) is 6.61 Å². The Morgan fingerprint density at radius 1 is 1.22 bits per heavy atom. The molecule has 0 atom stereocenters. The highest BCUT2D eigenvalue weighted by Gasteiger charge is 2.21. The Morgan fingerprint density at radius 2 is 1.96 bits per heavy atom. The van der Waals surface area contributed by atoms with Gasteiger partial charge in [-0.1, -0.05) is 12.1 Å². The Labute approximate surface area is 159 Å². The molecule has 0 saturated carbocycles. The first-order valence-corrected chi connectivity index (χ1v) is 9.12. The molecule has 0 fully saturated rings. The van der Waals surface area contributed by atoms with Gasteiger partial charge >= 0.3 is 5.97 Å². The van der Waals surface area contributed by atoms with Crippen molar-refractivity contribution in [2.45, 2.75) is 27.7 Å². The zero-order valence-corrected chi connectivity index (χ0v) is 16.2. The first-order chi connectivity index (χ1) is 12.8. The van der Waals surface area contributed by atoms with E-state index in [2.05, 4.69) is 15.3 Å². The molecule has 2 aromatic heterocycles. The molecular weight excluding hydrogens is 366 g/mol. The van der Waals surface area contributed by atoms with Gasteiger partial charge in [0.1, 0.15) is 15.5 Å². The molecule has 2 N–H and O–H groups in total. The molecule has 0 saturated heterocycles. The lowest BCUT2D eigenvalue weighted by Crippen LogP contribution is -2.21. The fraction of sp³-hybridized carbons (Fsp3) is 0.263. The van der Waals surface area contributed by atoms with E-state index in [4.69, 9.17) is 4.74 Å². The number of nitrogens with one attached hydrogen (secondary N) is 2. The Bertz CT molecular complexity index is 1110. The van der Waals surface area contributed by atoms with Crippen LogP contribution in [-0.4, -0.2) is 28.5 Å². The highest BCUT2D eigenvalue weighted by atomic mass is 32.1. The van der Waals surface area contributed by atoms with E-state index in [0.29, 0.717) is 27.3 Å². The molecule has 0 aliphatic heterocycles. The maximum Gasteiger partial charge on any atom is 0.349 e. The van der Waals surface area contributed by atoms with Crippen LogP contribution in [0, 0.1) is 27.7 Å². The summed E-state index contributed by atoms with van der Waals surface area (Å²) in [4.78, 5) is 44.2. The van der Waals surface area contributed by atoms with Crippen LogP contribution < -0.4 is 10.9 Å². The van der Waals surface area contributed by atoms with Crippen LogP contribution in [0.25, 0.3) is 10.2 Å². The van der Waals surface area contributed by atoms with Crippen molar-refractivity contribution in [2.24, 2.45) is 0 Å². The molecule has 1 aromatic carbocycles. The smallest absolute Gasteiger partial charge is 0.349 e. The Balaban J connectivity index is 1.72. The number of carbonyl (C=O) groups is 2. The lowest BCUT2D eigenvalue weighted by Gasteiger charge is -2.09. The number of nitrogens with zero attached hydrogens (tertiary/aromatic N) is 1. The van der Waals surface area contributed by atoms with Crippen LogP contribution in [-0.2, 0) is 9.53 Å². The summed E-state index contributed by atoms with van der Waals surface area (Å²) >= 11 is 1.08. The number of hydrogen-bond donors (Lipinski definition) is 2. The largest absolute Gasteiger partial charge is 0.451 e. The number of carbonyl (C=O) groups excluding carboxylic acids is 2. The van der Waals surface area contributed by atoms with Crippen LogP contribution in [0.1, 0.15) is 32.2 Å². The number of esters is 1. The minimum Gasteiger partial charge on any atom is -0.451 e. The quantitative estimate of drug-likeness (QED) is 0.672. The van der Waals surface area contributed by atoms with Crippen molar-refractivity contribution >= 4 is 39.1 Å². The van der Waals surface area contributed by atoms with E-state index in [1.165, 1.54) is 0 Å². The van der Waals surface area contributed by atoms with Gasteiger partial charge in [-0.25, -0.2) is 9.78 Å². The van der Waals surface area contributed by atoms with Gasteiger partial charge in [0, 0.05) is 5.69 Å². The maximum absolute atomic E-state index is 12.4. The summed E-state index contributed by atoms with van der Waals surface area (Å²) in [5.41, 5.74) is 2.82. The second-order valence-corrected chi connectivity index (χ2v) is 7.33. The molecule has 1 amide bonds. The summed E-state index contributed by atoms with van der Waals surface area (Å²) in [7, 11) is 0. The van der Waals surface area contributed by atoms with Gasteiger partial charge in [-0.3, -0.25) is 9.59 Å². The van der Waals surface area contributed by atoms with Gasteiger partial charge in [-0.05, 0) is 50.5 Å². The second-order valence-electron chi connectivity index (χ2n) is 6.33. The Kier molecular flexibility index (Phi) is 5.09. The van der Waals surface area contributed by atoms with Crippen molar-refractivity contribution in [1.29, 1.82) is 0 Å². The number of amides is 1. The number of ether oxygens (including phenoxy) is 1. The van der Waals surface area contributed by atoms with Crippen LogP contribution >= 0.6 is 11.3 Å². The fourth-order valence-electron chi connectivity index (χ4n) is 2.70. The number of fused-ring (bicyclic) bond motifs is 1. The Hall–Kier alpha value is -3.00. The number of rotatable bonds is 4. The topological polar surface area (TPSA) is 101 Å². The minimum absolute atomic E-state index is 0.271. The SMILES string of the molecule is Cc1ccc(C)c(NC(=O)COC(=O)c2sc3nc(C)[nH]c(=O)c3c2C)c1. The molecule has 0 aliphatic carbocycles. The van der Waals surface area contributed by atoms with E-state index >= 15 is 0 Å². The molecule has 0 spiro atoms. The van der Waals surface area contributed by atoms with Crippen molar-refractivity contribution in [2.75, 3.05) is 11.9 Å². The van der Waals surface area contributed by atoms with E-state index < -0.39 is 18.5 Å². The normalized spacial score (nSPS) is 10.8. The standard InChI is InChI=1S/C19H19N3O4S/c1-9-5-6-10(2)13(7-9)22-14(23)8-26-19(25)16-11(3)15-17(24)20-12(4)21-18(15)27-16/h5-7H,8H2,1-4H3,(H,22,23)(H,20,21,24). The van der Waals surface area contributed by atoms with Crippen molar-refractivity contribution in [3.8, 4) is 0 Å². The minimum atomic E-state index is -0.649. The summed E-state index contributed by atoms with van der Waals surface area (Å²) in [6.07, 6.45) is 0. The monoisotopic (exact) mass is 385 g/mol. The van der Waals surface area contributed by atoms with E-state index in [0.717, 1.165) is 22.5 Å². The molecule has 0 radical (unpaired) electrons. The predicted octanol–water partition coefficient (Wildman–Crippen LogP) is 3.01. The third-order valence-electron chi connectivity index (χ3n) is 4.11. The zero-order valence-electron chi connectivity index (χ0n) is 15.4. The van der Waals surface area contributed by atoms with Gasteiger partial charge < -0.3 is 15.0 Å². The van der Waals surface area contributed by atoms with Crippen molar-refractivity contribution in [3.63, 3.8) is 0 Å². The third-order valence-corrected chi connectivity index (χ3v) is 5.27. The summed E-state index contributed by atoms with van der Waals surface area (Å²) in [5.74, 6) is -0.604. The molecule has 27 heavy (non-hydrogen) atoms. The van der Waals surface area contributed by atoms with E-state index in [-0.39, 0.29) is 10.4 Å². The van der Waals surface area contributed by atoms with Crippen molar-refractivity contribution in [3.05, 3.63) is 55.9 Å². The number of hydrogen-bond acceptors (Lipinski definition) is 6. The lowest BCUT2D eigenvalue weighted by atomic mass is 10.1. The first-order valence-electron chi connectivity index (χ1n) is 8.30. The number of aromatic amines is 1. The molecule has 0 bridgehead atoms. The van der Waals surface area contributed by atoms with Gasteiger partial charge in [0.05, 0.1) is 5.39 Å². The number of anilines is 1. The van der Waals surface area contributed by atoms with Gasteiger partial charge in [0.2, 0.25) is 0 Å². The molecule has 3 aromatic rings. The van der Waals surface area contributed by atoms with Crippen LogP contribution in [0.3, 0.4) is 0 Å². The Morgan fingerprint density at radius 3 is 2.70 bits per heavy atom. The van der Waals surface area contributed by atoms with Crippen LogP contribution in [0.15, 0.2) is 23.0 Å². The summed E-state index contributed by atoms with van der Waals surface area (Å²) in [6, 6.07) is 5.71. The van der Waals surface area contributed by atoms with Gasteiger partial charge in [-0.15, -0.1) is 11.3 Å². The first kappa shape index (κ1) is 18.8. The zero-order chi connectivity index (χ0) is 19.7. The molecule has 140 valence electrons. The lowest BCUT2D eigenvalue weighted by molar-refractivity contribution is -0.119. The molecular formula is C19H19N3O4S. The second kappa shape index (κ2) is 7.32. The van der Waals surface area contributed by atoms with Gasteiger partial charge in [0.25, 0.3) is 11.5 Å². The average molecular weight is 385 g/mol. The molecule has 0 aliphatic rings. The molecule has 0 unspecified atom stereocenters. The highest BCUT2D eigenvalue weighted by Crippen LogP contribution is 2.27. The predicted molar refractivity (Wildman–Crippen MR) is 105 cm³/mol. The molecule has 2 heterocycles. The van der Waals surface area contributed by atoms with E-state index in [9.17, 15) is 14.4 Å². The highest BCUT2D eigenvalue weighted by molar-refractivity contribution is 7.20. The number of aromatic nitrogens is 2. The number of thiophene rings is 1. The van der Waals surface area contributed by atoms with Crippen LogP contribution in [0.5, 0.6) is 0 Å². The van der Waals surface area contributed by atoms with Crippen LogP contribution in [0.4, 0.5) is 5.69 Å². The van der Waals surface area contributed by atoms with Crippen LogP contribution in [0.2, 0.25) is 0 Å². The number of H-pyrrole nitrogens is 1. The summed E-state index contributed by atoms with van der Waals surface area (Å²) in [5, 5.41) is 3.11. The van der Waals surface area contributed by atoms with E-state index in [1.807, 2.05) is 32.0 Å². The van der Waals surface area contributed by atoms with Crippen molar-refractivity contribution in [1.82, 2.24) is 9.97 Å². The third kappa shape index (κ3) is 3.90. The number of benzene rings is 1. The van der Waals surface area contributed by atoms with Crippen molar-refractivity contribution < 1.29 is 14.3 Å². The van der Waals surface area contributed by atoms with E-state index in [1.54, 1.807) is 13.8 Å². The molecule has 8 heteroatoms. The fourth-order valence-corrected chi connectivity index (χ4v) is 3.82. The maximum atomic E-state index is 12.4. The molecule has 7 nitrogen and oxygen atoms in total. The number of aryl methyl sites for hydroxylation is 4. The summed E-state index contributed by atoms with van der Waals surface area (Å²) in [6.45, 7) is 6.73. The van der Waals surface area contributed by atoms with Gasteiger partial charge in [-0.2, -0.15) is 0 Å². The summed E-state index contributed by atoms with van der Waals surface area (Å²) < 4.78 is 5.13. The average Bonchev–Trinajstić information content (AvgIpc) is 2.92. The molecule has 3 rings (SSSR count).